The molecule has 0 saturated carbocycles. The third kappa shape index (κ3) is 1.53. The number of hydrogen-bond acceptors (Lipinski definition) is 3. The molecule has 4 N–H and O–H groups in total. The zero-order chi connectivity index (χ0) is 9.14. The van der Waals surface area contributed by atoms with E-state index in [2.05, 4.69) is 10.2 Å². The summed E-state index contributed by atoms with van der Waals surface area (Å²) in [5.74, 6) is 0.723. The number of ether oxygens (including phenoxy) is 1. The maximum Gasteiger partial charge on any atom is 0.119 e. The van der Waals surface area contributed by atoms with Crippen LogP contribution in [-0.2, 0) is 0 Å². The lowest BCUT2D eigenvalue weighted by Gasteiger charge is -2.10. The van der Waals surface area contributed by atoms with Crippen LogP contribution >= 0.6 is 0 Å². The topological polar surface area (TPSA) is 61.3 Å². The molecule has 0 aliphatic rings. The second-order valence-corrected chi connectivity index (χ2v) is 2.87. The lowest BCUT2D eigenvalue weighted by Crippen LogP contribution is -2.15. The number of benzene rings is 1. The van der Waals surface area contributed by atoms with E-state index in [4.69, 9.17) is 16.2 Å². The van der Waals surface area contributed by atoms with Gasteiger partial charge in [0.1, 0.15) is 5.75 Å². The highest BCUT2D eigenvalue weighted by Gasteiger charge is 2.04. The summed E-state index contributed by atoms with van der Waals surface area (Å²) in [7, 11) is 3.35. The van der Waals surface area contributed by atoms with E-state index in [1.807, 2.05) is 6.92 Å². The second-order valence-electron chi connectivity index (χ2n) is 2.37. The number of nitrogen functional groups attached to an aromatic ring is 2. The number of rotatable bonds is 2. The van der Waals surface area contributed by atoms with Gasteiger partial charge in [-0.25, -0.2) is 0 Å². The quantitative estimate of drug-likeness (QED) is 0.498. The molecule has 0 saturated heterocycles. The predicted octanol–water partition coefficient (Wildman–Crippen LogP) is 0.0435. The minimum atomic E-state index is 0.526. The summed E-state index contributed by atoms with van der Waals surface area (Å²) in [5.41, 5.74) is 12.3. The molecule has 4 heteroatoms. The van der Waals surface area contributed by atoms with Crippen molar-refractivity contribution >= 4 is 26.8 Å². The van der Waals surface area contributed by atoms with Gasteiger partial charge < -0.3 is 16.2 Å². The number of anilines is 2. The van der Waals surface area contributed by atoms with Gasteiger partial charge in [0.25, 0.3) is 0 Å². The molecule has 1 rings (SSSR count). The Kier molecular flexibility index (Phi) is 2.60. The Balaban J connectivity index is 3.08. The molecule has 12 heavy (non-hydrogen) atoms. The van der Waals surface area contributed by atoms with Crippen LogP contribution in [0.1, 0.15) is 6.92 Å². The van der Waals surface area contributed by atoms with Crippen LogP contribution in [0.5, 0.6) is 5.75 Å². The van der Waals surface area contributed by atoms with Crippen LogP contribution in [0.2, 0.25) is 0 Å². The van der Waals surface area contributed by atoms with Crippen LogP contribution in [0.25, 0.3) is 0 Å². The highest BCUT2D eigenvalue weighted by Crippen LogP contribution is 2.17. The molecule has 63 valence electrons. The van der Waals surface area contributed by atoms with Gasteiger partial charge >= 0.3 is 0 Å². The minimum Gasteiger partial charge on any atom is -0.494 e. The van der Waals surface area contributed by atoms with Crippen LogP contribution in [0, 0.1) is 0 Å². The van der Waals surface area contributed by atoms with E-state index in [1.54, 1.807) is 12.1 Å². The summed E-state index contributed by atoms with van der Waals surface area (Å²) in [6.07, 6.45) is 0. The molecule has 3 radical (unpaired) electrons. The van der Waals surface area contributed by atoms with Gasteiger partial charge in [0, 0.05) is 0 Å². The Morgan fingerprint density at radius 3 is 2.67 bits per heavy atom. The van der Waals surface area contributed by atoms with E-state index < -0.39 is 0 Å². The van der Waals surface area contributed by atoms with Crippen molar-refractivity contribution in [1.82, 2.24) is 0 Å². The molecule has 0 heterocycles. The Hall–Kier alpha value is -1.16. The molecule has 0 unspecified atom stereocenters. The van der Waals surface area contributed by atoms with Crippen LogP contribution in [0.15, 0.2) is 12.1 Å². The molecule has 0 aliphatic carbocycles. The maximum atomic E-state index is 5.66. The van der Waals surface area contributed by atoms with E-state index in [9.17, 15) is 0 Å². The van der Waals surface area contributed by atoms with Gasteiger partial charge in [0.05, 0.1) is 28.2 Å². The van der Waals surface area contributed by atoms with Crippen LogP contribution in [0.4, 0.5) is 11.4 Å². The van der Waals surface area contributed by atoms with Gasteiger partial charge in [-0.05, 0) is 24.2 Å². The Morgan fingerprint density at radius 1 is 1.42 bits per heavy atom. The molecule has 0 aromatic heterocycles. The zero-order valence-electron chi connectivity index (χ0n) is 6.92. The molecule has 0 fully saturated rings. The third-order valence-electron chi connectivity index (χ3n) is 1.54. The highest BCUT2D eigenvalue weighted by atomic mass is 28.1. The third-order valence-corrected chi connectivity index (χ3v) is 2.06. The maximum absolute atomic E-state index is 5.66. The van der Waals surface area contributed by atoms with Gasteiger partial charge in [-0.1, -0.05) is 0 Å². The summed E-state index contributed by atoms with van der Waals surface area (Å²) in [5, 5.41) is 0.719. The molecule has 0 spiro atoms. The summed E-state index contributed by atoms with van der Waals surface area (Å²) in [4.78, 5) is 0. The molecular weight excluding hydrogens is 168 g/mol. The van der Waals surface area contributed by atoms with E-state index in [0.717, 1.165) is 10.9 Å². The van der Waals surface area contributed by atoms with E-state index in [0.29, 0.717) is 18.0 Å². The van der Waals surface area contributed by atoms with E-state index in [-0.39, 0.29) is 0 Å². The van der Waals surface area contributed by atoms with Crippen LogP contribution in [0.3, 0.4) is 0 Å². The van der Waals surface area contributed by atoms with Crippen molar-refractivity contribution in [2.45, 2.75) is 6.92 Å². The fourth-order valence-electron chi connectivity index (χ4n) is 0.891. The lowest BCUT2D eigenvalue weighted by molar-refractivity contribution is 0.343. The van der Waals surface area contributed by atoms with Crippen LogP contribution < -0.4 is 21.4 Å². The van der Waals surface area contributed by atoms with Gasteiger partial charge in [-0.3, -0.25) is 0 Å². The van der Waals surface area contributed by atoms with Crippen molar-refractivity contribution in [2.24, 2.45) is 0 Å². The molecule has 0 aliphatic heterocycles. The molecule has 1 aromatic carbocycles. The van der Waals surface area contributed by atoms with Crippen LogP contribution in [-0.4, -0.2) is 16.8 Å². The molecular formula is C8H11N2OSi. The van der Waals surface area contributed by atoms with Crippen molar-refractivity contribution in [3.05, 3.63) is 12.1 Å². The normalized spacial score (nSPS) is 9.83. The smallest absolute Gasteiger partial charge is 0.119 e. The first-order valence-corrected chi connectivity index (χ1v) is 4.19. The molecule has 0 bridgehead atoms. The molecule has 3 nitrogen and oxygen atoms in total. The van der Waals surface area contributed by atoms with Gasteiger partial charge in [-0.15, -0.1) is 0 Å². The average molecular weight is 179 g/mol. The second kappa shape index (κ2) is 3.49. The minimum absolute atomic E-state index is 0.526. The molecule has 0 amide bonds. The lowest BCUT2D eigenvalue weighted by atomic mass is 10.2. The van der Waals surface area contributed by atoms with Crippen molar-refractivity contribution in [3.63, 3.8) is 0 Å². The first kappa shape index (κ1) is 8.93. The summed E-state index contributed by atoms with van der Waals surface area (Å²) < 4.78 is 5.29. The Labute approximate surface area is 75.1 Å². The summed E-state index contributed by atoms with van der Waals surface area (Å²) in [6, 6.07) is 3.52. The van der Waals surface area contributed by atoms with Crippen molar-refractivity contribution < 1.29 is 4.74 Å². The Bertz CT molecular complexity index is 289. The number of nitrogens with two attached hydrogens (primary N) is 2. The van der Waals surface area contributed by atoms with Gasteiger partial charge in [0.2, 0.25) is 0 Å². The van der Waals surface area contributed by atoms with E-state index >= 15 is 0 Å². The molecule has 0 atom stereocenters. The SMILES string of the molecule is CCOc1ccc(N)c(N)c1[Si]. The largest absolute Gasteiger partial charge is 0.494 e. The summed E-state index contributed by atoms with van der Waals surface area (Å²) in [6.45, 7) is 2.53. The molecule has 1 aromatic rings. The first-order chi connectivity index (χ1) is 5.66. The Morgan fingerprint density at radius 2 is 2.08 bits per heavy atom. The van der Waals surface area contributed by atoms with Gasteiger partial charge in [0.15, 0.2) is 0 Å². The fourth-order valence-corrected chi connectivity index (χ4v) is 1.19. The first-order valence-electron chi connectivity index (χ1n) is 3.69. The fraction of sp³-hybridized carbons (Fsp3) is 0.250. The van der Waals surface area contributed by atoms with Gasteiger partial charge in [-0.2, -0.15) is 0 Å². The monoisotopic (exact) mass is 179 g/mol. The van der Waals surface area contributed by atoms with Crippen molar-refractivity contribution in [3.8, 4) is 5.75 Å². The number of hydrogen-bond donors (Lipinski definition) is 2. The van der Waals surface area contributed by atoms with Crippen molar-refractivity contribution in [2.75, 3.05) is 18.1 Å². The van der Waals surface area contributed by atoms with E-state index in [1.165, 1.54) is 0 Å². The summed E-state index contributed by atoms with van der Waals surface area (Å²) >= 11 is 0. The zero-order valence-corrected chi connectivity index (χ0v) is 7.92. The predicted molar refractivity (Wildman–Crippen MR) is 51.8 cm³/mol. The highest BCUT2D eigenvalue weighted by molar-refractivity contribution is 6.38. The average Bonchev–Trinajstić information content (AvgIpc) is 2.07. The standard InChI is InChI=1S/C8H11N2OSi/c1-2-11-6-4-3-5(9)7(10)8(6)12/h3-4H,2,9-10H2,1H3. The van der Waals surface area contributed by atoms with Crippen molar-refractivity contribution in [1.29, 1.82) is 0 Å².